The maximum absolute atomic E-state index is 13.1. The molecule has 1 heterocycles. The third-order valence-electron chi connectivity index (χ3n) is 5.40. The summed E-state index contributed by atoms with van der Waals surface area (Å²) >= 11 is 0. The van der Waals surface area contributed by atoms with Crippen LogP contribution in [0.15, 0.2) is 72.8 Å². The van der Waals surface area contributed by atoms with Gasteiger partial charge in [-0.15, -0.1) is 0 Å². The van der Waals surface area contributed by atoms with Gasteiger partial charge in [-0.3, -0.25) is 9.69 Å². The average molecular weight is 420 g/mol. The van der Waals surface area contributed by atoms with E-state index in [2.05, 4.69) is 5.32 Å². The number of urea groups is 1. The number of phenols is 2. The van der Waals surface area contributed by atoms with Crippen LogP contribution in [0.25, 0.3) is 0 Å². The predicted octanol–water partition coefficient (Wildman–Crippen LogP) is 4.54. The zero-order valence-electron chi connectivity index (χ0n) is 16.5. The fourth-order valence-electron chi connectivity index (χ4n) is 3.91. The Balaban J connectivity index is 1.63. The summed E-state index contributed by atoms with van der Waals surface area (Å²) in [5, 5.41) is 23.1. The van der Waals surface area contributed by atoms with Gasteiger partial charge >= 0.3 is 6.03 Å². The van der Waals surface area contributed by atoms with Crippen LogP contribution in [0.3, 0.4) is 0 Å². The molecule has 1 saturated heterocycles. The van der Waals surface area contributed by atoms with Gasteiger partial charge in [0.15, 0.2) is 5.78 Å². The molecule has 3 N–H and O–H groups in total. The first-order chi connectivity index (χ1) is 14.9. The van der Waals surface area contributed by atoms with Crippen LogP contribution in [0, 0.1) is 5.82 Å². The first kappa shape index (κ1) is 20.4. The van der Waals surface area contributed by atoms with Crippen molar-refractivity contribution < 1.29 is 24.2 Å². The number of carbonyl (C=O) groups excluding carboxylic acids is 2. The van der Waals surface area contributed by atoms with Crippen molar-refractivity contribution in [2.24, 2.45) is 0 Å². The third-order valence-corrected chi connectivity index (χ3v) is 5.40. The van der Waals surface area contributed by atoms with Gasteiger partial charge in [0.2, 0.25) is 0 Å². The number of Topliss-reactive ketones (excluding diaryl/α,β-unsaturated/α-hetero) is 1. The Morgan fingerprint density at radius 3 is 2.39 bits per heavy atom. The first-order valence-corrected chi connectivity index (χ1v) is 9.89. The molecule has 1 aliphatic heterocycles. The number of halogens is 1. The van der Waals surface area contributed by atoms with E-state index in [1.54, 1.807) is 23.1 Å². The molecule has 158 valence electrons. The number of benzene rings is 3. The number of aromatic hydroxyl groups is 2. The molecule has 31 heavy (non-hydrogen) atoms. The molecule has 0 unspecified atom stereocenters. The van der Waals surface area contributed by atoms with Gasteiger partial charge in [-0.05, 0) is 55.0 Å². The van der Waals surface area contributed by atoms with E-state index in [0.29, 0.717) is 23.2 Å². The van der Waals surface area contributed by atoms with E-state index >= 15 is 0 Å². The van der Waals surface area contributed by atoms with Crippen LogP contribution < -0.4 is 10.2 Å². The van der Waals surface area contributed by atoms with Crippen LogP contribution in [0.5, 0.6) is 11.5 Å². The van der Waals surface area contributed by atoms with Crippen LogP contribution >= 0.6 is 0 Å². The van der Waals surface area contributed by atoms with Gasteiger partial charge in [-0.25, -0.2) is 9.18 Å². The van der Waals surface area contributed by atoms with E-state index < -0.39 is 17.9 Å². The molecule has 1 aliphatic rings. The Hall–Kier alpha value is -3.87. The van der Waals surface area contributed by atoms with Gasteiger partial charge in [-0.1, -0.05) is 18.2 Å². The zero-order valence-corrected chi connectivity index (χ0v) is 16.5. The molecule has 3 aromatic rings. The summed E-state index contributed by atoms with van der Waals surface area (Å²) in [6.07, 6.45) is 0.449. The summed E-state index contributed by atoms with van der Waals surface area (Å²) in [5.74, 6) is -0.813. The minimum Gasteiger partial charge on any atom is -0.508 e. The standard InChI is InChI=1S/C24H21FN2O4/c25-16-8-6-15(7-9-16)21(29)13-12-20-23(19-11-10-18(28)14-22(19)30)27(24(31)26-20)17-4-2-1-3-5-17/h1-11,14,20,23,28,30H,12-13H2,(H,26,31)/t20-,23+/m0/s1. The third kappa shape index (κ3) is 4.21. The highest BCUT2D eigenvalue weighted by molar-refractivity contribution is 5.97. The molecule has 1 fully saturated rings. The second-order valence-electron chi connectivity index (χ2n) is 7.42. The summed E-state index contributed by atoms with van der Waals surface area (Å²) in [5.41, 5.74) is 1.50. The number of phenolic OH excluding ortho intramolecular Hbond substituents is 2. The molecule has 0 aromatic heterocycles. The maximum Gasteiger partial charge on any atom is 0.322 e. The smallest absolute Gasteiger partial charge is 0.322 e. The monoisotopic (exact) mass is 420 g/mol. The Morgan fingerprint density at radius 1 is 1.00 bits per heavy atom. The number of carbonyl (C=O) groups is 2. The van der Waals surface area contributed by atoms with Gasteiger partial charge in [0.1, 0.15) is 17.3 Å². The topological polar surface area (TPSA) is 89.9 Å². The summed E-state index contributed by atoms with van der Waals surface area (Å²) in [7, 11) is 0. The van der Waals surface area contributed by atoms with Crippen molar-refractivity contribution in [3.8, 4) is 11.5 Å². The number of nitrogens with one attached hydrogen (secondary N) is 1. The molecular weight excluding hydrogens is 399 g/mol. The molecular formula is C24H21FN2O4. The predicted molar refractivity (Wildman–Crippen MR) is 114 cm³/mol. The number of amides is 2. The lowest BCUT2D eigenvalue weighted by atomic mass is 9.93. The lowest BCUT2D eigenvalue weighted by Crippen LogP contribution is -2.29. The normalized spacial score (nSPS) is 18.1. The number of hydrogen-bond donors (Lipinski definition) is 3. The minimum absolute atomic E-state index is 0.0900. The molecule has 0 bridgehead atoms. The minimum atomic E-state index is -0.587. The van der Waals surface area contributed by atoms with Crippen molar-refractivity contribution in [1.29, 1.82) is 0 Å². The molecule has 3 aromatic carbocycles. The van der Waals surface area contributed by atoms with Crippen LogP contribution in [0.2, 0.25) is 0 Å². The number of nitrogens with zero attached hydrogens (tertiary/aromatic N) is 1. The summed E-state index contributed by atoms with van der Waals surface area (Å²) in [6.45, 7) is 0. The first-order valence-electron chi connectivity index (χ1n) is 9.89. The lowest BCUT2D eigenvalue weighted by molar-refractivity contribution is 0.0976. The molecule has 0 saturated carbocycles. The van der Waals surface area contributed by atoms with E-state index in [-0.39, 0.29) is 29.7 Å². The Bertz CT molecular complexity index is 1100. The molecule has 0 aliphatic carbocycles. The van der Waals surface area contributed by atoms with E-state index in [0.717, 1.165) is 0 Å². The van der Waals surface area contributed by atoms with Crippen molar-refractivity contribution in [2.45, 2.75) is 24.9 Å². The highest BCUT2D eigenvalue weighted by atomic mass is 19.1. The zero-order chi connectivity index (χ0) is 22.0. The number of hydrogen-bond acceptors (Lipinski definition) is 4. The van der Waals surface area contributed by atoms with Crippen molar-refractivity contribution in [3.63, 3.8) is 0 Å². The van der Waals surface area contributed by atoms with E-state index in [9.17, 15) is 24.2 Å². The molecule has 2 atom stereocenters. The number of ketones is 1. The maximum atomic E-state index is 13.1. The van der Waals surface area contributed by atoms with Gasteiger partial charge in [-0.2, -0.15) is 0 Å². The molecule has 0 radical (unpaired) electrons. The van der Waals surface area contributed by atoms with Gasteiger partial charge in [0.25, 0.3) is 0 Å². The Labute approximate surface area is 178 Å². The molecule has 6 nitrogen and oxygen atoms in total. The van der Waals surface area contributed by atoms with Crippen molar-refractivity contribution in [2.75, 3.05) is 4.90 Å². The summed E-state index contributed by atoms with van der Waals surface area (Å²) in [6, 6.07) is 17.2. The molecule has 0 spiro atoms. The lowest BCUT2D eigenvalue weighted by Gasteiger charge is -2.27. The molecule has 2 amide bonds. The van der Waals surface area contributed by atoms with Crippen molar-refractivity contribution >= 4 is 17.5 Å². The highest BCUT2D eigenvalue weighted by Crippen LogP contribution is 2.40. The Morgan fingerprint density at radius 2 is 1.71 bits per heavy atom. The second kappa shape index (κ2) is 8.47. The fourth-order valence-corrected chi connectivity index (χ4v) is 3.91. The van der Waals surface area contributed by atoms with Crippen molar-refractivity contribution in [3.05, 3.63) is 89.7 Å². The van der Waals surface area contributed by atoms with Crippen LogP contribution in [-0.4, -0.2) is 28.1 Å². The Kier molecular flexibility index (Phi) is 5.58. The SMILES string of the molecule is O=C(CC[C@@H]1NC(=O)N(c2ccccc2)[C@@H]1c1ccc(O)cc1O)c1ccc(F)cc1. The fraction of sp³-hybridized carbons (Fsp3) is 0.167. The number of rotatable bonds is 6. The van der Waals surface area contributed by atoms with Gasteiger partial charge in [0, 0.05) is 29.3 Å². The highest BCUT2D eigenvalue weighted by Gasteiger charge is 2.42. The van der Waals surface area contributed by atoms with Gasteiger partial charge < -0.3 is 15.5 Å². The quantitative estimate of drug-likeness (QED) is 0.511. The largest absolute Gasteiger partial charge is 0.508 e. The van der Waals surface area contributed by atoms with Crippen LogP contribution in [0.1, 0.15) is 34.8 Å². The summed E-state index contributed by atoms with van der Waals surface area (Å²) < 4.78 is 13.1. The van der Waals surface area contributed by atoms with Gasteiger partial charge in [0.05, 0.1) is 12.1 Å². The van der Waals surface area contributed by atoms with Crippen LogP contribution in [0.4, 0.5) is 14.9 Å². The van der Waals surface area contributed by atoms with E-state index in [4.69, 9.17) is 0 Å². The van der Waals surface area contributed by atoms with Crippen molar-refractivity contribution in [1.82, 2.24) is 5.32 Å². The average Bonchev–Trinajstić information content (AvgIpc) is 3.09. The number of para-hydroxylation sites is 1. The number of anilines is 1. The second-order valence-corrected chi connectivity index (χ2v) is 7.42. The molecule has 4 rings (SSSR count). The van der Waals surface area contributed by atoms with E-state index in [1.807, 2.05) is 18.2 Å². The molecule has 7 heteroatoms. The van der Waals surface area contributed by atoms with Crippen LogP contribution in [-0.2, 0) is 0 Å². The van der Waals surface area contributed by atoms with E-state index in [1.165, 1.54) is 36.4 Å². The summed E-state index contributed by atoms with van der Waals surface area (Å²) in [4.78, 5) is 27.0.